The van der Waals surface area contributed by atoms with Gasteiger partial charge in [0.2, 0.25) is 17.7 Å². The lowest BCUT2D eigenvalue weighted by atomic mass is 10.2. The fraction of sp³-hybridized carbons (Fsp3) is 0.700. The van der Waals surface area contributed by atoms with Crippen LogP contribution in [0.4, 0.5) is 0 Å². The molecule has 2 aliphatic heterocycles. The van der Waals surface area contributed by atoms with Gasteiger partial charge in [-0.1, -0.05) is 0 Å². The summed E-state index contributed by atoms with van der Waals surface area (Å²) < 4.78 is 4.91. The lowest BCUT2D eigenvalue weighted by molar-refractivity contribution is -0.138. The molecule has 0 unspecified atom stereocenters. The molecular weight excluding hydrogens is 212 g/mol. The van der Waals surface area contributed by atoms with Gasteiger partial charge in [0.05, 0.1) is 19.3 Å². The minimum absolute atomic E-state index is 0.0949. The van der Waals surface area contributed by atoms with Crippen LogP contribution in [0.15, 0.2) is 0 Å². The Labute approximate surface area is 92.9 Å². The number of carbonyl (C=O) groups excluding carboxylic acids is 3. The Morgan fingerprint density at radius 2 is 1.94 bits per heavy atom. The topological polar surface area (TPSA) is 75.7 Å². The predicted octanol–water partition coefficient (Wildman–Crippen LogP) is -0.959. The van der Waals surface area contributed by atoms with E-state index in [-0.39, 0.29) is 49.6 Å². The molecule has 0 aromatic heterocycles. The van der Waals surface area contributed by atoms with Crippen molar-refractivity contribution in [2.24, 2.45) is 0 Å². The summed E-state index contributed by atoms with van der Waals surface area (Å²) in [4.78, 5) is 35.0. The van der Waals surface area contributed by atoms with Crippen molar-refractivity contribution in [3.05, 3.63) is 0 Å². The van der Waals surface area contributed by atoms with Crippen molar-refractivity contribution in [1.82, 2.24) is 10.2 Å². The third-order valence-electron chi connectivity index (χ3n) is 2.72. The molecule has 0 aromatic carbocycles. The number of hydrogen-bond donors (Lipinski definition) is 1. The molecule has 2 aliphatic rings. The smallest absolute Gasteiger partial charge is 0.229 e. The van der Waals surface area contributed by atoms with E-state index in [9.17, 15) is 14.4 Å². The van der Waals surface area contributed by atoms with Crippen LogP contribution >= 0.6 is 0 Å². The lowest BCUT2D eigenvalue weighted by Gasteiger charge is -2.27. The van der Waals surface area contributed by atoms with E-state index in [0.717, 1.165) is 4.90 Å². The summed E-state index contributed by atoms with van der Waals surface area (Å²) in [5.41, 5.74) is 0. The van der Waals surface area contributed by atoms with Crippen LogP contribution in [0, 0.1) is 0 Å². The third-order valence-corrected chi connectivity index (χ3v) is 2.72. The zero-order valence-electron chi connectivity index (χ0n) is 8.90. The predicted molar refractivity (Wildman–Crippen MR) is 53.3 cm³/mol. The standard InChI is InChI=1S/C10H14N2O4/c13-8(11-7-5-16-6-7)3-4-12-9(14)1-2-10(12)15/h7H,1-6H2,(H,11,13). The van der Waals surface area contributed by atoms with Gasteiger partial charge in [-0.05, 0) is 0 Å². The minimum atomic E-state index is -0.176. The van der Waals surface area contributed by atoms with E-state index in [1.807, 2.05) is 0 Å². The molecule has 2 heterocycles. The maximum atomic E-state index is 11.4. The summed E-state index contributed by atoms with van der Waals surface area (Å²) >= 11 is 0. The summed E-state index contributed by atoms with van der Waals surface area (Å²) in [5.74, 6) is -0.490. The molecule has 0 spiro atoms. The molecule has 0 bridgehead atoms. The van der Waals surface area contributed by atoms with Crippen LogP contribution in [-0.2, 0) is 19.1 Å². The highest BCUT2D eigenvalue weighted by Gasteiger charge is 2.29. The van der Waals surface area contributed by atoms with Crippen molar-refractivity contribution in [2.75, 3.05) is 19.8 Å². The number of likely N-dealkylation sites (tertiary alicyclic amines) is 1. The Hall–Kier alpha value is -1.43. The third kappa shape index (κ3) is 2.38. The van der Waals surface area contributed by atoms with E-state index < -0.39 is 0 Å². The Morgan fingerprint density at radius 1 is 1.31 bits per heavy atom. The highest BCUT2D eigenvalue weighted by molar-refractivity contribution is 6.02. The Bertz CT molecular complexity index is 309. The van der Waals surface area contributed by atoms with Crippen LogP contribution in [0.25, 0.3) is 0 Å². The number of nitrogens with one attached hydrogen (secondary N) is 1. The number of carbonyl (C=O) groups is 3. The maximum Gasteiger partial charge on any atom is 0.229 e. The number of ether oxygens (including phenoxy) is 1. The van der Waals surface area contributed by atoms with Crippen molar-refractivity contribution in [1.29, 1.82) is 0 Å². The second-order valence-corrected chi connectivity index (χ2v) is 3.99. The highest BCUT2D eigenvalue weighted by atomic mass is 16.5. The van der Waals surface area contributed by atoms with E-state index in [0.29, 0.717) is 13.2 Å². The Morgan fingerprint density at radius 3 is 2.44 bits per heavy atom. The van der Waals surface area contributed by atoms with Crippen LogP contribution < -0.4 is 5.32 Å². The molecule has 6 nitrogen and oxygen atoms in total. The van der Waals surface area contributed by atoms with Gasteiger partial charge in [-0.2, -0.15) is 0 Å². The van der Waals surface area contributed by atoms with Gasteiger partial charge in [-0.25, -0.2) is 0 Å². The molecule has 16 heavy (non-hydrogen) atoms. The molecule has 0 radical (unpaired) electrons. The van der Waals surface area contributed by atoms with Crippen molar-refractivity contribution >= 4 is 17.7 Å². The first-order chi connectivity index (χ1) is 7.66. The summed E-state index contributed by atoms with van der Waals surface area (Å²) in [6.07, 6.45) is 0.724. The molecular formula is C10H14N2O4. The van der Waals surface area contributed by atoms with Gasteiger partial charge >= 0.3 is 0 Å². The number of imide groups is 1. The molecule has 1 N–H and O–H groups in total. The monoisotopic (exact) mass is 226 g/mol. The zero-order valence-corrected chi connectivity index (χ0v) is 8.90. The van der Waals surface area contributed by atoms with Crippen molar-refractivity contribution < 1.29 is 19.1 Å². The van der Waals surface area contributed by atoms with Gasteiger partial charge in [0, 0.05) is 25.8 Å². The fourth-order valence-electron chi connectivity index (χ4n) is 1.70. The van der Waals surface area contributed by atoms with E-state index in [2.05, 4.69) is 5.32 Å². The molecule has 0 aliphatic carbocycles. The van der Waals surface area contributed by atoms with E-state index >= 15 is 0 Å². The SMILES string of the molecule is O=C(CCN1C(=O)CCC1=O)NC1COC1. The number of nitrogens with zero attached hydrogens (tertiary/aromatic N) is 1. The van der Waals surface area contributed by atoms with Gasteiger partial charge in [0.15, 0.2) is 0 Å². The van der Waals surface area contributed by atoms with Crippen LogP contribution in [0.2, 0.25) is 0 Å². The fourth-order valence-corrected chi connectivity index (χ4v) is 1.70. The number of amides is 3. The average molecular weight is 226 g/mol. The largest absolute Gasteiger partial charge is 0.377 e. The quantitative estimate of drug-likeness (QED) is 0.626. The minimum Gasteiger partial charge on any atom is -0.377 e. The first kappa shape index (κ1) is 11.1. The summed E-state index contributed by atoms with van der Waals surface area (Å²) in [6, 6.07) is 0.0949. The first-order valence-corrected chi connectivity index (χ1v) is 5.37. The first-order valence-electron chi connectivity index (χ1n) is 5.37. The Kier molecular flexibility index (Phi) is 3.19. The Balaban J connectivity index is 1.71. The second-order valence-electron chi connectivity index (χ2n) is 3.99. The van der Waals surface area contributed by atoms with E-state index in [1.165, 1.54) is 0 Å². The molecule has 88 valence electrons. The van der Waals surface area contributed by atoms with Gasteiger partial charge in [0.25, 0.3) is 0 Å². The molecule has 0 atom stereocenters. The van der Waals surface area contributed by atoms with Crippen molar-refractivity contribution in [3.63, 3.8) is 0 Å². The van der Waals surface area contributed by atoms with Gasteiger partial charge in [-0.15, -0.1) is 0 Å². The van der Waals surface area contributed by atoms with Crippen molar-refractivity contribution in [2.45, 2.75) is 25.3 Å². The number of hydrogen-bond acceptors (Lipinski definition) is 4. The lowest BCUT2D eigenvalue weighted by Crippen LogP contribution is -2.49. The molecule has 2 fully saturated rings. The summed E-state index contributed by atoms with van der Waals surface area (Å²) in [5, 5.41) is 2.76. The maximum absolute atomic E-state index is 11.4. The van der Waals surface area contributed by atoms with E-state index in [1.54, 1.807) is 0 Å². The van der Waals surface area contributed by atoms with Crippen LogP contribution in [0.5, 0.6) is 0 Å². The molecule has 6 heteroatoms. The van der Waals surface area contributed by atoms with E-state index in [4.69, 9.17) is 4.74 Å². The molecule has 0 aromatic rings. The van der Waals surface area contributed by atoms with Crippen LogP contribution in [-0.4, -0.2) is 48.4 Å². The second kappa shape index (κ2) is 4.61. The molecule has 3 amide bonds. The van der Waals surface area contributed by atoms with Crippen LogP contribution in [0.3, 0.4) is 0 Å². The molecule has 2 rings (SSSR count). The number of rotatable bonds is 4. The van der Waals surface area contributed by atoms with Gasteiger partial charge in [-0.3, -0.25) is 19.3 Å². The molecule has 0 saturated carbocycles. The molecule has 2 saturated heterocycles. The summed E-state index contributed by atoms with van der Waals surface area (Å²) in [6.45, 7) is 1.29. The van der Waals surface area contributed by atoms with Gasteiger partial charge < -0.3 is 10.1 Å². The van der Waals surface area contributed by atoms with Crippen LogP contribution in [0.1, 0.15) is 19.3 Å². The summed E-state index contributed by atoms with van der Waals surface area (Å²) in [7, 11) is 0. The normalized spacial score (nSPS) is 21.1. The van der Waals surface area contributed by atoms with Gasteiger partial charge in [0.1, 0.15) is 0 Å². The average Bonchev–Trinajstić information content (AvgIpc) is 2.50. The highest BCUT2D eigenvalue weighted by Crippen LogP contribution is 2.11. The zero-order chi connectivity index (χ0) is 11.5. The van der Waals surface area contributed by atoms with Crippen molar-refractivity contribution in [3.8, 4) is 0 Å².